The van der Waals surface area contributed by atoms with E-state index in [1.165, 1.54) is 0 Å². The Morgan fingerprint density at radius 2 is 1.53 bits per heavy atom. The Kier molecular flexibility index (Phi) is 6.80. The lowest BCUT2D eigenvalue weighted by Gasteiger charge is -2.28. The molecule has 162 valence electrons. The fourth-order valence-electron chi connectivity index (χ4n) is 3.54. The van der Waals surface area contributed by atoms with Crippen molar-refractivity contribution in [2.75, 3.05) is 11.4 Å². The number of benzene rings is 1. The zero-order chi connectivity index (χ0) is 22.9. The highest BCUT2D eigenvalue weighted by Gasteiger charge is 2.26. The molecular weight excluding hydrogens is 372 g/mol. The van der Waals surface area contributed by atoms with E-state index in [9.17, 15) is 9.90 Å². The van der Waals surface area contributed by atoms with Crippen LogP contribution < -0.4 is 4.90 Å². The van der Waals surface area contributed by atoms with E-state index in [1.807, 2.05) is 51.1 Å². The normalized spacial score (nSPS) is 12.4. The van der Waals surface area contributed by atoms with Crippen LogP contribution in [0.15, 0.2) is 30.3 Å². The SMILES string of the molecule is CCN(C(=O)/C=C/c1cc(C(C)(C)C)c(O)c(C(C)(C)C)c1)c1cc(C)cc(C)n1. The quantitative estimate of drug-likeness (QED) is 0.625. The number of rotatable bonds is 4. The molecule has 0 aliphatic heterocycles. The van der Waals surface area contributed by atoms with Crippen LogP contribution in [-0.4, -0.2) is 22.5 Å². The second-order valence-electron chi connectivity index (χ2n) is 10.0. The molecule has 0 atom stereocenters. The van der Waals surface area contributed by atoms with Gasteiger partial charge in [0.05, 0.1) is 0 Å². The van der Waals surface area contributed by atoms with E-state index >= 15 is 0 Å². The van der Waals surface area contributed by atoms with Crippen LogP contribution in [0.5, 0.6) is 5.75 Å². The van der Waals surface area contributed by atoms with Gasteiger partial charge in [-0.25, -0.2) is 4.98 Å². The average Bonchev–Trinajstić information content (AvgIpc) is 2.58. The van der Waals surface area contributed by atoms with Crippen LogP contribution in [0.25, 0.3) is 6.08 Å². The first-order valence-electron chi connectivity index (χ1n) is 10.6. The van der Waals surface area contributed by atoms with E-state index in [1.54, 1.807) is 11.0 Å². The van der Waals surface area contributed by atoms with Crippen LogP contribution >= 0.6 is 0 Å². The van der Waals surface area contributed by atoms with Gasteiger partial charge in [-0.15, -0.1) is 0 Å². The highest BCUT2D eigenvalue weighted by Crippen LogP contribution is 2.40. The summed E-state index contributed by atoms with van der Waals surface area (Å²) in [7, 11) is 0. The largest absolute Gasteiger partial charge is 0.507 e. The first-order valence-corrected chi connectivity index (χ1v) is 10.6. The van der Waals surface area contributed by atoms with Gasteiger partial charge in [-0.05, 0) is 73.1 Å². The maximum atomic E-state index is 13.0. The van der Waals surface area contributed by atoms with Crippen molar-refractivity contribution in [1.29, 1.82) is 0 Å². The summed E-state index contributed by atoms with van der Waals surface area (Å²) in [5.74, 6) is 0.895. The van der Waals surface area contributed by atoms with Crippen LogP contribution in [0.1, 0.15) is 76.4 Å². The predicted molar refractivity (Wildman–Crippen MR) is 126 cm³/mol. The van der Waals surface area contributed by atoms with E-state index in [-0.39, 0.29) is 16.7 Å². The molecule has 0 unspecified atom stereocenters. The van der Waals surface area contributed by atoms with Gasteiger partial charge in [0.2, 0.25) is 0 Å². The van der Waals surface area contributed by atoms with Crippen molar-refractivity contribution >= 4 is 17.8 Å². The minimum absolute atomic E-state index is 0.113. The van der Waals surface area contributed by atoms with Gasteiger partial charge >= 0.3 is 0 Å². The molecule has 0 bridgehead atoms. The van der Waals surface area contributed by atoms with Gasteiger partial charge in [0.25, 0.3) is 5.91 Å². The summed E-state index contributed by atoms with van der Waals surface area (Å²) >= 11 is 0. The summed E-state index contributed by atoms with van der Waals surface area (Å²) < 4.78 is 0. The van der Waals surface area contributed by atoms with E-state index in [0.717, 1.165) is 27.9 Å². The smallest absolute Gasteiger partial charge is 0.252 e. The lowest BCUT2D eigenvalue weighted by molar-refractivity contribution is -0.114. The van der Waals surface area contributed by atoms with Gasteiger partial charge in [0.1, 0.15) is 11.6 Å². The first-order chi connectivity index (χ1) is 13.7. The Balaban J connectivity index is 2.46. The molecule has 1 N–H and O–H groups in total. The Labute approximate surface area is 181 Å². The third kappa shape index (κ3) is 5.50. The summed E-state index contributed by atoms with van der Waals surface area (Å²) in [6.45, 7) is 18.9. The van der Waals surface area contributed by atoms with Gasteiger partial charge in [-0.1, -0.05) is 41.5 Å². The molecular formula is C26H36N2O2. The number of aromatic nitrogens is 1. The van der Waals surface area contributed by atoms with Gasteiger partial charge < -0.3 is 5.11 Å². The summed E-state index contributed by atoms with van der Waals surface area (Å²) in [5, 5.41) is 10.9. The fourth-order valence-corrected chi connectivity index (χ4v) is 3.54. The van der Waals surface area contributed by atoms with E-state index < -0.39 is 0 Å². The fraction of sp³-hybridized carbons (Fsp3) is 0.462. The molecule has 0 spiro atoms. The number of phenolic OH excluding ortho intramolecular Hbond substituents is 1. The Hall–Kier alpha value is -2.62. The van der Waals surface area contributed by atoms with E-state index in [0.29, 0.717) is 18.1 Å². The molecule has 1 amide bonds. The number of aromatic hydroxyl groups is 1. The average molecular weight is 409 g/mol. The number of likely N-dealkylation sites (N-methyl/N-ethyl adjacent to an activating group) is 1. The predicted octanol–water partition coefficient (Wildman–Crippen LogP) is 6.07. The maximum Gasteiger partial charge on any atom is 0.252 e. The van der Waals surface area contributed by atoms with Crippen molar-refractivity contribution in [2.24, 2.45) is 0 Å². The molecule has 2 aromatic rings. The number of phenols is 1. The molecule has 0 saturated heterocycles. The molecule has 0 aliphatic rings. The second-order valence-corrected chi connectivity index (χ2v) is 10.0. The van der Waals surface area contributed by atoms with Gasteiger partial charge in [0.15, 0.2) is 0 Å². The van der Waals surface area contributed by atoms with Crippen LogP contribution in [0.3, 0.4) is 0 Å². The lowest BCUT2D eigenvalue weighted by atomic mass is 9.78. The highest BCUT2D eigenvalue weighted by molar-refractivity contribution is 6.03. The number of carbonyl (C=O) groups is 1. The molecule has 1 aromatic carbocycles. The van der Waals surface area contributed by atoms with Crippen molar-refractivity contribution < 1.29 is 9.90 Å². The molecule has 0 fully saturated rings. The van der Waals surface area contributed by atoms with Gasteiger partial charge in [0, 0.05) is 29.4 Å². The molecule has 1 aromatic heterocycles. The molecule has 1 heterocycles. The number of pyridine rings is 1. The Morgan fingerprint density at radius 3 is 1.97 bits per heavy atom. The standard InChI is InChI=1S/C26H36N2O2/c1-10-28(22-14-17(2)13-18(3)27-22)23(29)12-11-19-15-20(25(4,5)6)24(30)21(16-19)26(7,8)9/h11-16,30H,10H2,1-9H3/b12-11+. The molecule has 0 radical (unpaired) electrons. The number of hydrogen-bond donors (Lipinski definition) is 1. The lowest BCUT2D eigenvalue weighted by Crippen LogP contribution is -2.29. The minimum atomic E-state index is -0.212. The van der Waals surface area contributed by atoms with E-state index in [2.05, 4.69) is 46.5 Å². The number of hydrogen-bond acceptors (Lipinski definition) is 3. The number of amides is 1. The third-order valence-electron chi connectivity index (χ3n) is 5.11. The molecule has 30 heavy (non-hydrogen) atoms. The van der Waals surface area contributed by atoms with E-state index in [4.69, 9.17) is 0 Å². The second kappa shape index (κ2) is 8.63. The minimum Gasteiger partial charge on any atom is -0.507 e. The summed E-state index contributed by atoms with van der Waals surface area (Å²) in [4.78, 5) is 19.1. The van der Waals surface area contributed by atoms with Crippen molar-refractivity contribution in [3.05, 3.63) is 58.3 Å². The molecule has 2 rings (SSSR count). The van der Waals surface area contributed by atoms with Crippen molar-refractivity contribution in [3.63, 3.8) is 0 Å². The summed E-state index contributed by atoms with van der Waals surface area (Å²) in [6.07, 6.45) is 3.42. The highest BCUT2D eigenvalue weighted by atomic mass is 16.3. The molecule has 0 aliphatic carbocycles. The van der Waals surface area contributed by atoms with Crippen molar-refractivity contribution in [2.45, 2.75) is 73.1 Å². The monoisotopic (exact) mass is 408 g/mol. The van der Waals surface area contributed by atoms with Gasteiger partial charge in [-0.3, -0.25) is 9.69 Å². The molecule has 4 heteroatoms. The Bertz CT molecular complexity index is 905. The number of nitrogens with zero attached hydrogens (tertiary/aromatic N) is 2. The zero-order valence-electron chi connectivity index (χ0n) is 19.9. The molecule has 4 nitrogen and oxygen atoms in total. The zero-order valence-corrected chi connectivity index (χ0v) is 19.9. The van der Waals surface area contributed by atoms with Crippen LogP contribution in [0.4, 0.5) is 5.82 Å². The third-order valence-corrected chi connectivity index (χ3v) is 5.11. The number of carbonyl (C=O) groups excluding carboxylic acids is 1. The summed E-state index contributed by atoms with van der Waals surface area (Å²) in [5.41, 5.74) is 4.21. The van der Waals surface area contributed by atoms with Crippen molar-refractivity contribution in [3.8, 4) is 5.75 Å². The van der Waals surface area contributed by atoms with Crippen LogP contribution in [-0.2, 0) is 15.6 Å². The Morgan fingerprint density at radius 1 is 1.00 bits per heavy atom. The molecule has 0 saturated carbocycles. The maximum absolute atomic E-state index is 13.0. The van der Waals surface area contributed by atoms with Crippen LogP contribution in [0, 0.1) is 13.8 Å². The summed E-state index contributed by atoms with van der Waals surface area (Å²) in [6, 6.07) is 7.87. The van der Waals surface area contributed by atoms with Gasteiger partial charge in [-0.2, -0.15) is 0 Å². The first kappa shape index (κ1) is 23.7. The topological polar surface area (TPSA) is 53.4 Å². The van der Waals surface area contributed by atoms with Crippen LogP contribution in [0.2, 0.25) is 0 Å². The van der Waals surface area contributed by atoms with Crippen molar-refractivity contribution in [1.82, 2.24) is 4.98 Å². The number of anilines is 1. The number of aryl methyl sites for hydroxylation is 2.